The number of benzene rings is 1. The molecule has 0 bridgehead atoms. The predicted molar refractivity (Wildman–Crippen MR) is 93.4 cm³/mol. The summed E-state index contributed by atoms with van der Waals surface area (Å²) in [6.45, 7) is 1.19. The Hall–Kier alpha value is -1.40. The van der Waals surface area contributed by atoms with Crippen molar-refractivity contribution in [1.29, 1.82) is 0 Å². The van der Waals surface area contributed by atoms with Crippen LogP contribution in [-0.4, -0.2) is 45.7 Å². The van der Waals surface area contributed by atoms with E-state index in [1.54, 1.807) is 6.07 Å². The molecule has 1 aliphatic carbocycles. The molecule has 24 heavy (non-hydrogen) atoms. The van der Waals surface area contributed by atoms with Crippen LogP contribution in [0, 0.1) is 5.92 Å². The number of hydrogen-bond donors (Lipinski definition) is 1. The van der Waals surface area contributed by atoms with Gasteiger partial charge in [0.2, 0.25) is 9.84 Å². The Morgan fingerprint density at radius 3 is 2.79 bits per heavy atom. The van der Waals surface area contributed by atoms with Crippen molar-refractivity contribution in [3.8, 4) is 0 Å². The van der Waals surface area contributed by atoms with Gasteiger partial charge in [0.05, 0.1) is 11.7 Å². The zero-order valence-electron chi connectivity index (χ0n) is 13.8. The van der Waals surface area contributed by atoms with E-state index >= 15 is 0 Å². The zero-order valence-corrected chi connectivity index (χ0v) is 14.7. The van der Waals surface area contributed by atoms with Crippen molar-refractivity contribution in [2.45, 2.75) is 42.8 Å². The highest BCUT2D eigenvalue weighted by Crippen LogP contribution is 2.45. The maximum absolute atomic E-state index is 14.3. The van der Waals surface area contributed by atoms with Crippen LogP contribution in [0.4, 0.5) is 10.1 Å². The van der Waals surface area contributed by atoms with Crippen LogP contribution in [-0.2, 0) is 9.84 Å². The van der Waals surface area contributed by atoms with Crippen LogP contribution < -0.4 is 5.32 Å². The molecule has 2 fully saturated rings. The van der Waals surface area contributed by atoms with E-state index < -0.39 is 16.0 Å². The molecule has 3 aliphatic rings. The van der Waals surface area contributed by atoms with Crippen LogP contribution in [0.2, 0.25) is 0 Å². The third-order valence-corrected chi connectivity index (χ3v) is 6.84. The summed E-state index contributed by atoms with van der Waals surface area (Å²) >= 11 is 0. The molecule has 1 saturated heterocycles. The first kappa shape index (κ1) is 16.1. The molecule has 1 aromatic rings. The molecule has 0 amide bonds. The van der Waals surface area contributed by atoms with E-state index in [9.17, 15) is 12.8 Å². The number of likely N-dealkylation sites (tertiary alicyclic amines) is 1. The first-order chi connectivity index (χ1) is 11.4. The smallest absolute Gasteiger partial charge is 0.202 e. The topological polar surface area (TPSA) is 49.4 Å². The number of halogens is 1. The van der Waals surface area contributed by atoms with Gasteiger partial charge in [-0.3, -0.25) is 0 Å². The highest BCUT2D eigenvalue weighted by molar-refractivity contribution is 7.95. The summed E-state index contributed by atoms with van der Waals surface area (Å²) in [5.74, 6) is 0.623. The van der Waals surface area contributed by atoms with E-state index in [1.807, 2.05) is 24.1 Å². The molecule has 2 heterocycles. The van der Waals surface area contributed by atoms with Crippen LogP contribution in [0.3, 0.4) is 0 Å². The number of alkyl halides is 1. The van der Waals surface area contributed by atoms with Crippen LogP contribution in [0.1, 0.15) is 31.2 Å². The van der Waals surface area contributed by atoms with Gasteiger partial charge in [0.15, 0.2) is 0 Å². The van der Waals surface area contributed by atoms with Crippen molar-refractivity contribution in [1.82, 2.24) is 4.90 Å². The molecule has 130 valence electrons. The first-order valence-corrected chi connectivity index (χ1v) is 10.2. The Bertz CT molecular complexity index is 786. The molecule has 4 rings (SSSR count). The minimum atomic E-state index is -3.44. The average Bonchev–Trinajstić information content (AvgIpc) is 3.28. The van der Waals surface area contributed by atoms with Crippen LogP contribution >= 0.6 is 0 Å². The number of nitrogens with zero attached hydrogens (tertiary/aromatic N) is 1. The summed E-state index contributed by atoms with van der Waals surface area (Å²) in [7, 11) is -1.54. The number of sulfone groups is 1. The van der Waals surface area contributed by atoms with Crippen molar-refractivity contribution >= 4 is 21.1 Å². The number of rotatable bonds is 4. The van der Waals surface area contributed by atoms with Gasteiger partial charge in [0, 0.05) is 18.5 Å². The summed E-state index contributed by atoms with van der Waals surface area (Å²) in [6.07, 6.45) is 2.87. The first-order valence-electron chi connectivity index (χ1n) is 8.62. The average molecular weight is 350 g/mol. The van der Waals surface area contributed by atoms with Crippen molar-refractivity contribution in [2.75, 3.05) is 25.5 Å². The largest absolute Gasteiger partial charge is 0.378 e. The molecule has 0 spiro atoms. The zero-order chi connectivity index (χ0) is 16.9. The van der Waals surface area contributed by atoms with Gasteiger partial charge in [-0.15, -0.1) is 0 Å². The van der Waals surface area contributed by atoms with E-state index in [0.29, 0.717) is 29.5 Å². The second kappa shape index (κ2) is 5.85. The molecule has 0 aromatic heterocycles. The molecule has 1 saturated carbocycles. The second-order valence-corrected chi connectivity index (χ2v) is 9.07. The SMILES string of the molecule is CN1CC[C@@H](Nc2cccc3c2S(=O)(=O)C=C3CC2CC2)[C@H](F)C1. The highest BCUT2D eigenvalue weighted by atomic mass is 32.2. The van der Waals surface area contributed by atoms with Gasteiger partial charge in [0.25, 0.3) is 0 Å². The van der Waals surface area contributed by atoms with E-state index in [2.05, 4.69) is 5.32 Å². The molecular formula is C18H23FN2O2S. The van der Waals surface area contributed by atoms with Crippen molar-refractivity contribution in [3.63, 3.8) is 0 Å². The standard InChI is InChI=1S/C18H23FN2O2S/c1-21-8-7-16(15(19)10-21)20-17-4-2-3-14-13(9-12-5-6-12)11-24(22,23)18(14)17/h2-4,11-12,15-16,20H,5-10H2,1H3/t15-,16-/m1/s1. The number of allylic oxidation sites excluding steroid dienone is 1. The number of hydrogen-bond acceptors (Lipinski definition) is 4. The van der Waals surface area contributed by atoms with Gasteiger partial charge in [-0.25, -0.2) is 12.8 Å². The summed E-state index contributed by atoms with van der Waals surface area (Å²) in [5, 5.41) is 4.60. The lowest BCUT2D eigenvalue weighted by atomic mass is 10.00. The van der Waals surface area contributed by atoms with Crippen molar-refractivity contribution in [2.24, 2.45) is 5.92 Å². The summed E-state index contributed by atoms with van der Waals surface area (Å²) < 4.78 is 39.6. The van der Waals surface area contributed by atoms with Crippen molar-refractivity contribution < 1.29 is 12.8 Å². The van der Waals surface area contributed by atoms with E-state index in [1.165, 1.54) is 18.2 Å². The number of piperidine rings is 1. The normalized spacial score (nSPS) is 29.2. The summed E-state index contributed by atoms with van der Waals surface area (Å²) in [6, 6.07) is 5.16. The molecule has 4 nitrogen and oxygen atoms in total. The molecule has 0 radical (unpaired) electrons. The summed E-state index contributed by atoms with van der Waals surface area (Å²) in [4.78, 5) is 2.30. The molecule has 2 aliphatic heterocycles. The Kier molecular flexibility index (Phi) is 3.92. The predicted octanol–water partition coefficient (Wildman–Crippen LogP) is 3.07. The van der Waals surface area contributed by atoms with Crippen LogP contribution in [0.15, 0.2) is 28.5 Å². The monoisotopic (exact) mass is 350 g/mol. The molecule has 1 aromatic carbocycles. The highest BCUT2D eigenvalue weighted by Gasteiger charge is 2.35. The van der Waals surface area contributed by atoms with Crippen LogP contribution in [0.5, 0.6) is 0 Å². The molecule has 6 heteroatoms. The minimum Gasteiger partial charge on any atom is -0.378 e. The molecular weight excluding hydrogens is 327 g/mol. The Morgan fingerprint density at radius 1 is 1.29 bits per heavy atom. The lowest BCUT2D eigenvalue weighted by molar-refractivity contribution is 0.149. The van der Waals surface area contributed by atoms with E-state index in [0.717, 1.165) is 24.1 Å². The second-order valence-electron chi connectivity index (χ2n) is 7.34. The molecule has 2 atom stereocenters. The van der Waals surface area contributed by atoms with E-state index in [-0.39, 0.29) is 6.04 Å². The van der Waals surface area contributed by atoms with Crippen molar-refractivity contribution in [3.05, 3.63) is 29.2 Å². The van der Waals surface area contributed by atoms with Gasteiger partial charge < -0.3 is 10.2 Å². The third-order valence-electron chi connectivity index (χ3n) is 5.23. The van der Waals surface area contributed by atoms with Gasteiger partial charge in [-0.05, 0) is 55.9 Å². The van der Waals surface area contributed by atoms with Gasteiger partial charge in [0.1, 0.15) is 11.1 Å². The van der Waals surface area contributed by atoms with Gasteiger partial charge in [-0.2, -0.15) is 0 Å². The maximum Gasteiger partial charge on any atom is 0.202 e. The molecule has 0 unspecified atom stereocenters. The lowest BCUT2D eigenvalue weighted by Crippen LogP contribution is -2.46. The lowest BCUT2D eigenvalue weighted by Gasteiger charge is -2.33. The summed E-state index contributed by atoms with van der Waals surface area (Å²) in [5.41, 5.74) is 2.26. The molecule has 1 N–H and O–H groups in total. The fraction of sp³-hybridized carbons (Fsp3) is 0.556. The quantitative estimate of drug-likeness (QED) is 0.907. The van der Waals surface area contributed by atoms with E-state index in [4.69, 9.17) is 0 Å². The number of fused-ring (bicyclic) bond motifs is 1. The van der Waals surface area contributed by atoms with Gasteiger partial charge >= 0.3 is 0 Å². The fourth-order valence-corrected chi connectivity index (χ4v) is 5.38. The number of nitrogens with one attached hydrogen (secondary N) is 1. The Morgan fingerprint density at radius 2 is 2.08 bits per heavy atom. The Labute approximate surface area is 142 Å². The third kappa shape index (κ3) is 2.97. The maximum atomic E-state index is 14.3. The fourth-order valence-electron chi connectivity index (χ4n) is 3.73. The number of anilines is 1. The van der Waals surface area contributed by atoms with Gasteiger partial charge in [-0.1, -0.05) is 12.1 Å². The Balaban J connectivity index is 1.63. The van der Waals surface area contributed by atoms with Crippen LogP contribution in [0.25, 0.3) is 5.57 Å². The minimum absolute atomic E-state index is 0.338.